The van der Waals surface area contributed by atoms with Gasteiger partial charge in [-0.2, -0.15) is 0 Å². The maximum absolute atomic E-state index is 11.6. The van der Waals surface area contributed by atoms with Crippen LogP contribution >= 0.6 is 21.6 Å². The number of carboxylic acid groups (broad SMARTS) is 1. The van der Waals surface area contributed by atoms with Crippen LogP contribution in [0.15, 0.2) is 0 Å². The van der Waals surface area contributed by atoms with Gasteiger partial charge in [-0.3, -0.25) is 4.79 Å². The molecule has 19 heavy (non-hydrogen) atoms. The van der Waals surface area contributed by atoms with Crippen LogP contribution in [0.25, 0.3) is 0 Å². The van der Waals surface area contributed by atoms with E-state index < -0.39 is 12.0 Å². The minimum Gasteiger partial charge on any atom is -0.480 e. The molecule has 1 amide bonds. The van der Waals surface area contributed by atoms with Gasteiger partial charge in [-0.1, -0.05) is 42.4 Å². The lowest BCUT2D eigenvalue weighted by Gasteiger charge is -2.22. The molecule has 0 aromatic rings. The zero-order valence-corrected chi connectivity index (χ0v) is 14.0. The second-order valence-corrected chi connectivity index (χ2v) is 8.59. The van der Waals surface area contributed by atoms with Crippen LogP contribution in [0.4, 0.5) is 0 Å². The summed E-state index contributed by atoms with van der Waals surface area (Å²) < 4.78 is 0.121. The van der Waals surface area contributed by atoms with Crippen molar-refractivity contribution in [3.05, 3.63) is 0 Å². The summed E-state index contributed by atoms with van der Waals surface area (Å²) in [6, 6.07) is -0.809. The Kier molecular flexibility index (Phi) is 8.57. The van der Waals surface area contributed by atoms with Crippen molar-refractivity contribution in [1.29, 1.82) is 0 Å². The quantitative estimate of drug-likeness (QED) is 0.640. The standard InChI is InChI=1S/C13H25NO3S2/c1-6-13(4,5)19-18-8-10(12(16)17)14-11(15)7-9(2)3/h9-10H,6-8H2,1-5H3,(H,14,15)(H,16,17). The molecular weight excluding hydrogens is 282 g/mol. The number of carboxylic acids is 1. The normalized spacial score (nSPS) is 13.4. The van der Waals surface area contributed by atoms with E-state index in [1.807, 2.05) is 13.8 Å². The summed E-state index contributed by atoms with van der Waals surface area (Å²) in [7, 11) is 3.17. The monoisotopic (exact) mass is 307 g/mol. The van der Waals surface area contributed by atoms with Crippen molar-refractivity contribution in [1.82, 2.24) is 5.32 Å². The molecule has 0 aromatic carbocycles. The molecule has 112 valence electrons. The fourth-order valence-corrected chi connectivity index (χ4v) is 3.91. The zero-order valence-electron chi connectivity index (χ0n) is 12.4. The number of amides is 1. The van der Waals surface area contributed by atoms with Gasteiger partial charge in [-0.05, 0) is 26.2 Å². The van der Waals surface area contributed by atoms with Crippen molar-refractivity contribution < 1.29 is 14.7 Å². The number of rotatable bonds is 9. The second kappa shape index (κ2) is 8.74. The van der Waals surface area contributed by atoms with Crippen molar-refractivity contribution in [3.63, 3.8) is 0 Å². The topological polar surface area (TPSA) is 66.4 Å². The second-order valence-electron chi connectivity index (χ2n) is 5.54. The molecule has 0 radical (unpaired) electrons. The summed E-state index contributed by atoms with van der Waals surface area (Å²) in [4.78, 5) is 22.7. The highest BCUT2D eigenvalue weighted by molar-refractivity contribution is 8.77. The van der Waals surface area contributed by atoms with Gasteiger partial charge in [0.25, 0.3) is 0 Å². The van der Waals surface area contributed by atoms with Gasteiger partial charge in [0.2, 0.25) is 5.91 Å². The van der Waals surface area contributed by atoms with Crippen LogP contribution in [0, 0.1) is 5.92 Å². The molecule has 0 bridgehead atoms. The minimum absolute atomic E-state index is 0.121. The third-order valence-corrected chi connectivity index (χ3v) is 6.04. The largest absolute Gasteiger partial charge is 0.480 e. The molecule has 0 spiro atoms. The first kappa shape index (κ1) is 18.6. The van der Waals surface area contributed by atoms with E-state index in [-0.39, 0.29) is 16.6 Å². The SMILES string of the molecule is CCC(C)(C)SSCC(NC(=O)CC(C)C)C(=O)O. The van der Waals surface area contributed by atoms with E-state index in [0.717, 1.165) is 6.42 Å². The predicted octanol–water partition coefficient (Wildman–Crippen LogP) is 3.17. The van der Waals surface area contributed by atoms with Crippen LogP contribution in [0.1, 0.15) is 47.5 Å². The van der Waals surface area contributed by atoms with Gasteiger partial charge < -0.3 is 10.4 Å². The summed E-state index contributed by atoms with van der Waals surface area (Å²) in [6.45, 7) is 10.2. The maximum Gasteiger partial charge on any atom is 0.327 e. The van der Waals surface area contributed by atoms with Gasteiger partial charge in [-0.15, -0.1) is 0 Å². The van der Waals surface area contributed by atoms with Crippen LogP contribution in [-0.4, -0.2) is 33.5 Å². The lowest BCUT2D eigenvalue weighted by atomic mass is 10.1. The summed E-state index contributed by atoms with van der Waals surface area (Å²) in [6.07, 6.45) is 1.38. The minimum atomic E-state index is -0.973. The fraction of sp³-hybridized carbons (Fsp3) is 0.846. The molecular formula is C13H25NO3S2. The smallest absolute Gasteiger partial charge is 0.327 e. The van der Waals surface area contributed by atoms with Gasteiger partial charge >= 0.3 is 5.97 Å². The third-order valence-electron chi connectivity index (χ3n) is 2.60. The lowest BCUT2D eigenvalue weighted by Crippen LogP contribution is -2.42. The lowest BCUT2D eigenvalue weighted by molar-refractivity contribution is -0.141. The summed E-state index contributed by atoms with van der Waals surface area (Å²) in [5.41, 5.74) is 0. The van der Waals surface area contributed by atoms with Gasteiger partial charge in [0.15, 0.2) is 0 Å². The van der Waals surface area contributed by atoms with Crippen LogP contribution in [0.3, 0.4) is 0 Å². The first-order valence-electron chi connectivity index (χ1n) is 6.50. The van der Waals surface area contributed by atoms with E-state index in [9.17, 15) is 9.59 Å². The average molecular weight is 307 g/mol. The third kappa shape index (κ3) is 9.21. The van der Waals surface area contributed by atoms with Gasteiger partial charge in [0.05, 0.1) is 0 Å². The van der Waals surface area contributed by atoms with E-state index >= 15 is 0 Å². The first-order valence-corrected chi connectivity index (χ1v) is 8.82. The summed E-state index contributed by atoms with van der Waals surface area (Å²) in [5.74, 6) is -0.550. The Balaban J connectivity index is 4.21. The number of carbonyl (C=O) groups is 2. The molecule has 1 unspecified atom stereocenters. The highest BCUT2D eigenvalue weighted by Gasteiger charge is 2.23. The predicted molar refractivity (Wildman–Crippen MR) is 83.4 cm³/mol. The molecule has 0 aliphatic heterocycles. The Morgan fingerprint density at radius 1 is 1.32 bits per heavy atom. The Labute approximate surface area is 123 Å². The number of nitrogens with one attached hydrogen (secondary N) is 1. The van der Waals surface area contributed by atoms with Crippen LogP contribution in [0.5, 0.6) is 0 Å². The molecule has 4 nitrogen and oxygen atoms in total. The Hall–Kier alpha value is -0.360. The van der Waals surface area contributed by atoms with Crippen molar-refractivity contribution in [2.45, 2.75) is 58.2 Å². The van der Waals surface area contributed by atoms with Gasteiger partial charge in [-0.25, -0.2) is 4.79 Å². The van der Waals surface area contributed by atoms with E-state index in [4.69, 9.17) is 5.11 Å². The summed E-state index contributed by atoms with van der Waals surface area (Å²) >= 11 is 0. The number of hydrogen-bond donors (Lipinski definition) is 2. The van der Waals surface area contributed by atoms with Crippen LogP contribution in [0.2, 0.25) is 0 Å². The molecule has 0 fully saturated rings. The molecule has 0 saturated carbocycles. The fourth-order valence-electron chi connectivity index (χ4n) is 1.12. The molecule has 0 saturated heterocycles. The molecule has 0 aliphatic carbocycles. The van der Waals surface area contributed by atoms with Crippen LogP contribution < -0.4 is 5.32 Å². The molecule has 0 aromatic heterocycles. The van der Waals surface area contributed by atoms with E-state index in [1.54, 1.807) is 10.8 Å². The van der Waals surface area contributed by atoms with E-state index in [0.29, 0.717) is 12.2 Å². The number of carbonyl (C=O) groups excluding carboxylic acids is 1. The summed E-state index contributed by atoms with van der Waals surface area (Å²) in [5, 5.41) is 11.7. The van der Waals surface area contributed by atoms with Crippen molar-refractivity contribution in [2.75, 3.05) is 5.75 Å². The zero-order chi connectivity index (χ0) is 15.1. The Morgan fingerprint density at radius 2 is 1.89 bits per heavy atom. The van der Waals surface area contributed by atoms with Crippen LogP contribution in [-0.2, 0) is 9.59 Å². The molecule has 0 heterocycles. The first-order chi connectivity index (χ1) is 8.68. The molecule has 6 heteroatoms. The molecule has 2 N–H and O–H groups in total. The van der Waals surface area contributed by atoms with E-state index in [2.05, 4.69) is 26.1 Å². The molecule has 0 rings (SSSR count). The molecule has 0 aliphatic rings. The maximum atomic E-state index is 11.6. The van der Waals surface area contributed by atoms with Gasteiger partial charge in [0, 0.05) is 16.9 Å². The van der Waals surface area contributed by atoms with E-state index in [1.165, 1.54) is 10.8 Å². The highest BCUT2D eigenvalue weighted by Crippen LogP contribution is 2.37. The van der Waals surface area contributed by atoms with Crippen molar-refractivity contribution in [3.8, 4) is 0 Å². The number of aliphatic carboxylic acids is 1. The van der Waals surface area contributed by atoms with Crippen molar-refractivity contribution >= 4 is 33.5 Å². The average Bonchev–Trinajstić information content (AvgIpc) is 2.26. The molecule has 1 atom stereocenters. The number of hydrogen-bond acceptors (Lipinski definition) is 4. The highest BCUT2D eigenvalue weighted by atomic mass is 33.1. The Morgan fingerprint density at radius 3 is 2.32 bits per heavy atom. The van der Waals surface area contributed by atoms with Gasteiger partial charge in [0.1, 0.15) is 6.04 Å². The Bertz CT molecular complexity index is 306. The van der Waals surface area contributed by atoms with Crippen molar-refractivity contribution in [2.24, 2.45) is 5.92 Å².